The maximum Gasteiger partial charge on any atom is 0.261 e. The number of nitrogens with zero attached hydrogens (tertiary/aromatic N) is 1. The van der Waals surface area contributed by atoms with Crippen LogP contribution in [0, 0.1) is 6.92 Å². The average Bonchev–Trinajstić information content (AvgIpc) is 2.71. The van der Waals surface area contributed by atoms with E-state index in [1.54, 1.807) is 31.2 Å². The van der Waals surface area contributed by atoms with Gasteiger partial charge in [-0.25, -0.2) is 0 Å². The van der Waals surface area contributed by atoms with Crippen molar-refractivity contribution in [3.8, 4) is 5.75 Å². The largest absolute Gasteiger partial charge is 0.484 e. The normalized spacial score (nSPS) is 11.7. The zero-order valence-electron chi connectivity index (χ0n) is 17.2. The topological polar surface area (TPSA) is 58.6 Å². The molecule has 2 amide bonds. The Morgan fingerprint density at radius 2 is 1.93 bits per heavy atom. The van der Waals surface area contributed by atoms with Gasteiger partial charge in [0, 0.05) is 27.6 Å². The van der Waals surface area contributed by atoms with Crippen LogP contribution in [0.15, 0.2) is 40.9 Å². The number of carbonyl (C=O) groups is 2. The molecule has 2 aromatic rings. The number of aryl methyl sites for hydroxylation is 1. The predicted octanol–water partition coefficient (Wildman–Crippen LogP) is 5.39. The highest BCUT2D eigenvalue weighted by Gasteiger charge is 2.27. The van der Waals surface area contributed by atoms with Crippen LogP contribution in [-0.4, -0.2) is 35.9 Å². The van der Waals surface area contributed by atoms with Gasteiger partial charge in [0.1, 0.15) is 11.8 Å². The van der Waals surface area contributed by atoms with Crippen LogP contribution in [0.3, 0.4) is 0 Å². The summed E-state index contributed by atoms with van der Waals surface area (Å²) in [5.41, 5.74) is 1.70. The summed E-state index contributed by atoms with van der Waals surface area (Å²) in [6, 6.07) is 9.86. The van der Waals surface area contributed by atoms with E-state index < -0.39 is 6.04 Å². The molecular formula is C22H25BrCl2N2O3. The van der Waals surface area contributed by atoms with Crippen molar-refractivity contribution in [2.75, 3.05) is 13.2 Å². The van der Waals surface area contributed by atoms with Gasteiger partial charge in [0.05, 0.1) is 0 Å². The lowest BCUT2D eigenvalue weighted by molar-refractivity contribution is -0.142. The standard InChI is InChI=1S/C22H25BrCl2N2O3/c1-4-9-26-22(29)15(3)27(12-16-5-6-17(24)11-20(16)25)21(28)13-30-18-7-8-19(23)14(2)10-18/h5-8,10-11,15H,4,9,12-13H2,1-3H3,(H,26,29)/t15-/m1/s1. The summed E-state index contributed by atoms with van der Waals surface area (Å²) in [4.78, 5) is 27.0. The molecule has 162 valence electrons. The van der Waals surface area contributed by atoms with Crippen LogP contribution in [0.5, 0.6) is 5.75 Å². The average molecular weight is 516 g/mol. The third-order valence-electron chi connectivity index (χ3n) is 4.56. The number of ether oxygens (including phenoxy) is 1. The van der Waals surface area contributed by atoms with Gasteiger partial charge in [0.15, 0.2) is 6.61 Å². The van der Waals surface area contributed by atoms with Crippen molar-refractivity contribution in [3.63, 3.8) is 0 Å². The van der Waals surface area contributed by atoms with Gasteiger partial charge in [0.2, 0.25) is 5.91 Å². The molecule has 0 radical (unpaired) electrons. The fourth-order valence-corrected chi connectivity index (χ4v) is 3.46. The van der Waals surface area contributed by atoms with E-state index in [0.717, 1.165) is 16.5 Å². The SMILES string of the molecule is CCCNC(=O)[C@@H](C)N(Cc1ccc(Cl)cc1Cl)C(=O)COc1ccc(Br)c(C)c1. The van der Waals surface area contributed by atoms with Crippen molar-refractivity contribution in [1.29, 1.82) is 0 Å². The van der Waals surface area contributed by atoms with Gasteiger partial charge in [-0.2, -0.15) is 0 Å². The van der Waals surface area contributed by atoms with E-state index in [9.17, 15) is 9.59 Å². The lowest BCUT2D eigenvalue weighted by Crippen LogP contribution is -2.49. The predicted molar refractivity (Wildman–Crippen MR) is 124 cm³/mol. The quantitative estimate of drug-likeness (QED) is 0.487. The molecule has 2 rings (SSSR count). The van der Waals surface area contributed by atoms with Crippen molar-refractivity contribution >= 4 is 50.9 Å². The summed E-state index contributed by atoms with van der Waals surface area (Å²) >= 11 is 15.7. The fourth-order valence-electron chi connectivity index (χ4n) is 2.75. The Labute approximate surface area is 195 Å². The molecule has 0 aliphatic carbocycles. The number of carbonyl (C=O) groups excluding carboxylic acids is 2. The molecule has 30 heavy (non-hydrogen) atoms. The Kier molecular flexibility index (Phi) is 9.46. The van der Waals surface area contributed by atoms with Crippen LogP contribution in [0.25, 0.3) is 0 Å². The van der Waals surface area contributed by atoms with E-state index in [0.29, 0.717) is 27.9 Å². The number of amides is 2. The Hall–Kier alpha value is -1.76. The number of hydrogen-bond donors (Lipinski definition) is 1. The Bertz CT molecular complexity index is 908. The Morgan fingerprint density at radius 1 is 1.20 bits per heavy atom. The third-order valence-corrected chi connectivity index (χ3v) is 6.04. The Balaban J connectivity index is 2.18. The first kappa shape index (κ1) is 24.5. The number of rotatable bonds is 9. The molecule has 0 heterocycles. The van der Waals surface area contributed by atoms with Crippen LogP contribution in [-0.2, 0) is 16.1 Å². The summed E-state index contributed by atoms with van der Waals surface area (Å²) in [6.45, 7) is 6.11. The molecule has 0 spiro atoms. The van der Waals surface area contributed by atoms with Crippen LogP contribution in [0.1, 0.15) is 31.4 Å². The second-order valence-electron chi connectivity index (χ2n) is 6.92. The zero-order valence-corrected chi connectivity index (χ0v) is 20.3. The monoisotopic (exact) mass is 514 g/mol. The van der Waals surface area contributed by atoms with Crippen LogP contribution >= 0.6 is 39.1 Å². The molecule has 8 heteroatoms. The molecule has 1 N–H and O–H groups in total. The van der Waals surface area contributed by atoms with Crippen molar-refractivity contribution in [2.45, 2.75) is 39.8 Å². The van der Waals surface area contributed by atoms with Gasteiger partial charge in [-0.1, -0.05) is 52.1 Å². The van der Waals surface area contributed by atoms with Crippen LogP contribution < -0.4 is 10.1 Å². The summed E-state index contributed by atoms with van der Waals surface area (Å²) in [7, 11) is 0. The highest BCUT2D eigenvalue weighted by atomic mass is 79.9. The summed E-state index contributed by atoms with van der Waals surface area (Å²) in [5, 5.41) is 3.77. The van der Waals surface area contributed by atoms with Gasteiger partial charge in [-0.05, 0) is 61.7 Å². The van der Waals surface area contributed by atoms with Gasteiger partial charge in [-0.3, -0.25) is 9.59 Å². The van der Waals surface area contributed by atoms with E-state index in [2.05, 4.69) is 21.2 Å². The van der Waals surface area contributed by atoms with Crippen LogP contribution in [0.2, 0.25) is 10.0 Å². The molecule has 0 aromatic heterocycles. The van der Waals surface area contributed by atoms with Crippen molar-refractivity contribution in [3.05, 3.63) is 62.0 Å². The van der Waals surface area contributed by atoms with Crippen molar-refractivity contribution in [2.24, 2.45) is 0 Å². The van der Waals surface area contributed by atoms with E-state index in [4.69, 9.17) is 27.9 Å². The third kappa shape index (κ3) is 6.89. The lowest BCUT2D eigenvalue weighted by atomic mass is 10.1. The molecule has 2 aromatic carbocycles. The van der Waals surface area contributed by atoms with Crippen molar-refractivity contribution in [1.82, 2.24) is 10.2 Å². The van der Waals surface area contributed by atoms with E-state index in [-0.39, 0.29) is 25.0 Å². The lowest BCUT2D eigenvalue weighted by Gasteiger charge is -2.29. The molecule has 5 nitrogen and oxygen atoms in total. The highest BCUT2D eigenvalue weighted by Crippen LogP contribution is 2.24. The second kappa shape index (κ2) is 11.6. The first-order valence-corrected chi connectivity index (χ1v) is 11.2. The number of benzene rings is 2. The minimum Gasteiger partial charge on any atom is -0.484 e. The molecule has 0 unspecified atom stereocenters. The number of nitrogens with one attached hydrogen (secondary N) is 1. The van der Waals surface area contributed by atoms with Gasteiger partial charge in [-0.15, -0.1) is 0 Å². The van der Waals surface area contributed by atoms with E-state index >= 15 is 0 Å². The highest BCUT2D eigenvalue weighted by molar-refractivity contribution is 9.10. The van der Waals surface area contributed by atoms with Gasteiger partial charge in [0.25, 0.3) is 5.91 Å². The first-order valence-electron chi connectivity index (χ1n) is 9.63. The molecule has 0 fully saturated rings. The molecule has 0 saturated heterocycles. The van der Waals surface area contributed by atoms with Crippen LogP contribution in [0.4, 0.5) is 0 Å². The number of hydrogen-bond acceptors (Lipinski definition) is 3. The maximum atomic E-state index is 13.0. The summed E-state index contributed by atoms with van der Waals surface area (Å²) in [6.07, 6.45) is 0.807. The minimum atomic E-state index is -0.689. The molecule has 0 aliphatic rings. The maximum absolute atomic E-state index is 13.0. The summed E-state index contributed by atoms with van der Waals surface area (Å²) < 4.78 is 6.64. The van der Waals surface area contributed by atoms with E-state index in [1.165, 1.54) is 4.90 Å². The first-order chi connectivity index (χ1) is 14.2. The summed E-state index contributed by atoms with van der Waals surface area (Å²) in [5.74, 6) is 0.0344. The molecule has 1 atom stereocenters. The molecular weight excluding hydrogens is 491 g/mol. The smallest absolute Gasteiger partial charge is 0.261 e. The van der Waals surface area contributed by atoms with Gasteiger partial charge >= 0.3 is 0 Å². The van der Waals surface area contributed by atoms with Gasteiger partial charge < -0.3 is 15.0 Å². The Morgan fingerprint density at radius 3 is 2.57 bits per heavy atom. The van der Waals surface area contributed by atoms with Crippen molar-refractivity contribution < 1.29 is 14.3 Å². The molecule has 0 aliphatic heterocycles. The second-order valence-corrected chi connectivity index (χ2v) is 8.62. The molecule has 0 saturated carbocycles. The zero-order chi connectivity index (χ0) is 22.3. The molecule has 0 bridgehead atoms. The van der Waals surface area contributed by atoms with E-state index in [1.807, 2.05) is 26.0 Å². The minimum absolute atomic E-state index is 0.165. The fraction of sp³-hybridized carbons (Fsp3) is 0.364. The number of halogens is 3.